The first-order valence-corrected chi connectivity index (χ1v) is 8.83. The molecule has 156 valence electrons. The van der Waals surface area contributed by atoms with Gasteiger partial charge < -0.3 is 24.5 Å². The number of aromatic carboxylic acids is 1. The number of halogens is 3. The molecule has 10 heteroatoms. The Bertz CT molecular complexity index is 704. The van der Waals surface area contributed by atoms with Crippen molar-refractivity contribution in [2.24, 2.45) is 0 Å². The van der Waals surface area contributed by atoms with Crippen molar-refractivity contribution in [1.82, 2.24) is 4.90 Å². The number of carboxylic acid groups (broad SMARTS) is 1. The molecule has 0 radical (unpaired) electrons. The predicted molar refractivity (Wildman–Crippen MR) is 98.0 cm³/mol. The number of ether oxygens (including phenoxy) is 1. The molecule has 28 heavy (non-hydrogen) atoms. The van der Waals surface area contributed by atoms with E-state index in [2.05, 4.69) is 4.90 Å². The molecule has 1 aliphatic rings. The summed E-state index contributed by atoms with van der Waals surface area (Å²) in [4.78, 5) is 28.2. The Balaban J connectivity index is 2.44. The number of carbonyl (C=O) groups excluding carboxylic acids is 1. The van der Waals surface area contributed by atoms with Crippen molar-refractivity contribution in [3.05, 3.63) is 23.8 Å². The summed E-state index contributed by atoms with van der Waals surface area (Å²) in [6.45, 7) is 2.68. The van der Waals surface area contributed by atoms with Gasteiger partial charge in [0.15, 0.2) is 0 Å². The number of piperazine rings is 1. The number of nitrogens with zero attached hydrogens (tertiary/aromatic N) is 3. The number of hydrogen-bond donors (Lipinski definition) is 1. The quantitative estimate of drug-likeness (QED) is 0.703. The fourth-order valence-corrected chi connectivity index (χ4v) is 3.04. The number of alkyl halides is 3. The number of amides is 1. The van der Waals surface area contributed by atoms with E-state index in [4.69, 9.17) is 4.74 Å². The summed E-state index contributed by atoms with van der Waals surface area (Å²) in [6, 6.07) is 4.16. The molecule has 1 amide bonds. The number of benzene rings is 1. The minimum atomic E-state index is -5.12. The molecular weight excluding hydrogens is 379 g/mol. The normalized spacial score (nSPS) is 15.5. The molecular formula is C18H24F3N3O4. The Morgan fingerprint density at radius 3 is 2.39 bits per heavy atom. The molecule has 0 aromatic heterocycles. The van der Waals surface area contributed by atoms with Crippen molar-refractivity contribution in [1.29, 1.82) is 0 Å². The van der Waals surface area contributed by atoms with Crippen LogP contribution in [0.25, 0.3) is 0 Å². The van der Waals surface area contributed by atoms with E-state index in [1.54, 1.807) is 6.07 Å². The van der Waals surface area contributed by atoms with Crippen LogP contribution in [-0.4, -0.2) is 81.5 Å². The lowest BCUT2D eigenvalue weighted by Crippen LogP contribution is -2.45. The largest absolute Gasteiger partial charge is 0.478 e. The number of anilines is 2. The first-order valence-electron chi connectivity index (χ1n) is 8.83. The highest BCUT2D eigenvalue weighted by Crippen LogP contribution is 2.31. The third-order valence-corrected chi connectivity index (χ3v) is 4.59. The number of carbonyl (C=O) groups is 2. The molecule has 7 nitrogen and oxygen atoms in total. The van der Waals surface area contributed by atoms with E-state index in [1.165, 1.54) is 19.2 Å². The average Bonchev–Trinajstić information content (AvgIpc) is 2.64. The molecule has 1 fully saturated rings. The monoisotopic (exact) mass is 403 g/mol. The van der Waals surface area contributed by atoms with Gasteiger partial charge in [-0.15, -0.1) is 0 Å². The average molecular weight is 403 g/mol. The van der Waals surface area contributed by atoms with Crippen LogP contribution >= 0.6 is 0 Å². The lowest BCUT2D eigenvalue weighted by Gasteiger charge is -2.35. The molecule has 1 aromatic carbocycles. The molecule has 1 saturated heterocycles. The topological polar surface area (TPSA) is 73.3 Å². The van der Waals surface area contributed by atoms with Crippen LogP contribution in [0.3, 0.4) is 0 Å². The maximum atomic E-state index is 13.1. The molecule has 0 unspecified atom stereocenters. The SMILES string of the molecule is COCCCN(C(=O)C(F)(F)F)c1cc(N2CCN(C)CC2)ccc1C(=O)O. The van der Waals surface area contributed by atoms with Gasteiger partial charge in [-0.3, -0.25) is 4.79 Å². The first kappa shape index (κ1) is 22.0. The summed E-state index contributed by atoms with van der Waals surface area (Å²) in [5.41, 5.74) is -0.0323. The Morgan fingerprint density at radius 1 is 1.21 bits per heavy atom. The van der Waals surface area contributed by atoms with Crippen LogP contribution in [0.5, 0.6) is 0 Å². The molecule has 0 atom stereocenters. The molecule has 1 heterocycles. The number of hydrogen-bond acceptors (Lipinski definition) is 5. The van der Waals surface area contributed by atoms with Crippen LogP contribution in [0.1, 0.15) is 16.8 Å². The van der Waals surface area contributed by atoms with E-state index in [0.717, 1.165) is 13.1 Å². The van der Waals surface area contributed by atoms with Crippen molar-refractivity contribution in [3.8, 4) is 0 Å². The third-order valence-electron chi connectivity index (χ3n) is 4.59. The lowest BCUT2D eigenvalue weighted by molar-refractivity contribution is -0.170. The minimum absolute atomic E-state index is 0.135. The standard InChI is InChI=1S/C18H24F3N3O4/c1-22-7-9-23(10-8-22)13-4-5-14(16(25)26)15(12-13)24(6-3-11-28-2)17(27)18(19,20)21/h4-5,12H,3,6-11H2,1-2H3,(H,25,26). The van der Waals surface area contributed by atoms with Crippen LogP contribution in [0, 0.1) is 0 Å². The molecule has 2 rings (SSSR count). The second kappa shape index (κ2) is 9.24. The fourth-order valence-electron chi connectivity index (χ4n) is 3.04. The molecule has 0 saturated carbocycles. The van der Waals surface area contributed by atoms with Gasteiger partial charge in [-0.25, -0.2) is 4.79 Å². The van der Waals surface area contributed by atoms with Gasteiger partial charge in [0, 0.05) is 52.1 Å². The van der Waals surface area contributed by atoms with E-state index >= 15 is 0 Å². The maximum Gasteiger partial charge on any atom is 0.471 e. The van der Waals surface area contributed by atoms with E-state index < -0.39 is 18.1 Å². The zero-order valence-corrected chi connectivity index (χ0v) is 15.8. The third kappa shape index (κ3) is 5.35. The van der Waals surface area contributed by atoms with Gasteiger partial charge in [0.05, 0.1) is 11.3 Å². The van der Waals surface area contributed by atoms with Crippen LogP contribution < -0.4 is 9.80 Å². The van der Waals surface area contributed by atoms with Gasteiger partial charge in [-0.2, -0.15) is 13.2 Å². The molecule has 1 N–H and O–H groups in total. The zero-order chi connectivity index (χ0) is 20.9. The Morgan fingerprint density at radius 2 is 1.86 bits per heavy atom. The Kier molecular flexibility index (Phi) is 7.25. The summed E-state index contributed by atoms with van der Waals surface area (Å²) in [7, 11) is 3.36. The predicted octanol–water partition coefficient (Wildman–Crippen LogP) is 2.07. The molecule has 0 aliphatic carbocycles. The zero-order valence-electron chi connectivity index (χ0n) is 15.8. The van der Waals surface area contributed by atoms with Gasteiger partial charge in [0.25, 0.3) is 0 Å². The minimum Gasteiger partial charge on any atom is -0.478 e. The number of rotatable bonds is 7. The summed E-state index contributed by atoms with van der Waals surface area (Å²) in [5, 5.41) is 9.44. The highest BCUT2D eigenvalue weighted by atomic mass is 19.4. The number of methoxy groups -OCH3 is 1. The van der Waals surface area contributed by atoms with Crippen molar-refractivity contribution in [2.75, 3.05) is 63.3 Å². The van der Waals surface area contributed by atoms with E-state index in [0.29, 0.717) is 23.7 Å². The van der Waals surface area contributed by atoms with Crippen molar-refractivity contribution < 1.29 is 32.6 Å². The maximum absolute atomic E-state index is 13.1. The van der Waals surface area contributed by atoms with Crippen LogP contribution in [-0.2, 0) is 9.53 Å². The molecule has 1 aromatic rings. The summed E-state index contributed by atoms with van der Waals surface area (Å²) in [6.07, 6.45) is -4.98. The van der Waals surface area contributed by atoms with Crippen molar-refractivity contribution in [2.45, 2.75) is 12.6 Å². The second-order valence-electron chi connectivity index (χ2n) is 6.60. The van der Waals surface area contributed by atoms with Crippen LogP contribution in [0.2, 0.25) is 0 Å². The molecule has 0 bridgehead atoms. The van der Waals surface area contributed by atoms with Crippen molar-refractivity contribution in [3.63, 3.8) is 0 Å². The number of carboxylic acids is 1. The molecule has 1 aliphatic heterocycles. The second-order valence-corrected chi connectivity index (χ2v) is 6.60. The van der Waals surface area contributed by atoms with E-state index in [1.807, 2.05) is 11.9 Å². The fraction of sp³-hybridized carbons (Fsp3) is 0.556. The summed E-state index contributed by atoms with van der Waals surface area (Å²) >= 11 is 0. The smallest absolute Gasteiger partial charge is 0.471 e. The van der Waals surface area contributed by atoms with E-state index in [-0.39, 0.29) is 30.8 Å². The van der Waals surface area contributed by atoms with Gasteiger partial charge in [0.1, 0.15) is 0 Å². The van der Waals surface area contributed by atoms with Crippen LogP contribution in [0.15, 0.2) is 18.2 Å². The Labute approximate surface area is 161 Å². The van der Waals surface area contributed by atoms with Gasteiger partial charge in [-0.05, 0) is 31.7 Å². The van der Waals surface area contributed by atoms with Crippen molar-refractivity contribution >= 4 is 23.3 Å². The van der Waals surface area contributed by atoms with Gasteiger partial charge in [-0.1, -0.05) is 0 Å². The van der Waals surface area contributed by atoms with Gasteiger partial charge in [0.2, 0.25) is 0 Å². The Hall–Kier alpha value is -2.33. The summed E-state index contributed by atoms with van der Waals surface area (Å²) in [5.74, 6) is -3.49. The highest BCUT2D eigenvalue weighted by molar-refractivity contribution is 6.04. The first-order chi connectivity index (χ1) is 13.1. The lowest BCUT2D eigenvalue weighted by atomic mass is 10.1. The summed E-state index contributed by atoms with van der Waals surface area (Å²) < 4.78 is 44.3. The van der Waals surface area contributed by atoms with E-state index in [9.17, 15) is 27.9 Å². The molecule has 0 spiro atoms. The number of likely N-dealkylation sites (N-methyl/N-ethyl adjacent to an activating group) is 1. The van der Waals surface area contributed by atoms with Gasteiger partial charge >= 0.3 is 18.1 Å². The van der Waals surface area contributed by atoms with Crippen LogP contribution in [0.4, 0.5) is 24.5 Å². The highest BCUT2D eigenvalue weighted by Gasteiger charge is 2.43.